The van der Waals surface area contributed by atoms with Crippen molar-refractivity contribution in [2.45, 2.75) is 39.7 Å². The van der Waals surface area contributed by atoms with Gasteiger partial charge >= 0.3 is 0 Å². The maximum absolute atomic E-state index is 3.46. The van der Waals surface area contributed by atoms with Gasteiger partial charge in [-0.1, -0.05) is 6.92 Å². The van der Waals surface area contributed by atoms with Gasteiger partial charge in [-0.15, -0.1) is 0 Å². The van der Waals surface area contributed by atoms with Crippen molar-refractivity contribution < 1.29 is 0 Å². The van der Waals surface area contributed by atoms with Crippen LogP contribution in [0.25, 0.3) is 0 Å². The first-order valence-corrected chi connectivity index (χ1v) is 6.91. The average Bonchev–Trinajstić information content (AvgIpc) is 2.29. The molecule has 0 aromatic heterocycles. The van der Waals surface area contributed by atoms with Crippen LogP contribution in [0.3, 0.4) is 0 Å². The maximum Gasteiger partial charge on any atom is 0.0113 e. The highest BCUT2D eigenvalue weighted by atomic mass is 15.3. The van der Waals surface area contributed by atoms with Gasteiger partial charge in [-0.2, -0.15) is 0 Å². The number of piperazine rings is 1. The molecule has 0 spiro atoms. The van der Waals surface area contributed by atoms with Crippen molar-refractivity contribution in [2.75, 3.05) is 45.8 Å². The number of nitrogens with zero attached hydrogens (tertiary/aromatic N) is 2. The van der Waals surface area contributed by atoms with Crippen LogP contribution in [0.15, 0.2) is 0 Å². The number of nitrogens with one attached hydrogen (secondary N) is 1. The van der Waals surface area contributed by atoms with Crippen molar-refractivity contribution in [3.8, 4) is 0 Å². The molecule has 0 atom stereocenters. The molecule has 3 heteroatoms. The summed E-state index contributed by atoms with van der Waals surface area (Å²) < 4.78 is 0. The van der Waals surface area contributed by atoms with Crippen molar-refractivity contribution in [3.05, 3.63) is 0 Å². The first kappa shape index (κ1) is 13.9. The van der Waals surface area contributed by atoms with Gasteiger partial charge in [0.15, 0.2) is 0 Å². The van der Waals surface area contributed by atoms with E-state index in [1.54, 1.807) is 0 Å². The summed E-state index contributed by atoms with van der Waals surface area (Å²) in [7, 11) is 0. The maximum atomic E-state index is 3.46. The van der Waals surface area contributed by atoms with E-state index in [1.807, 2.05) is 0 Å². The molecule has 0 saturated carbocycles. The second-order valence-electron chi connectivity index (χ2n) is 5.07. The third kappa shape index (κ3) is 5.28. The lowest BCUT2D eigenvalue weighted by molar-refractivity contribution is 0.108. The first-order valence-electron chi connectivity index (χ1n) is 6.91. The number of hydrogen-bond donors (Lipinski definition) is 1. The Hall–Kier alpha value is -0.120. The second kappa shape index (κ2) is 8.04. The van der Waals surface area contributed by atoms with Gasteiger partial charge in [0.05, 0.1) is 0 Å². The molecule has 0 aromatic rings. The molecule has 1 heterocycles. The minimum Gasteiger partial charge on any atom is -0.317 e. The van der Waals surface area contributed by atoms with Gasteiger partial charge in [0, 0.05) is 32.2 Å². The SMILES string of the molecule is CCCNCCCN1CCN(C(C)C)CC1. The van der Waals surface area contributed by atoms with Crippen molar-refractivity contribution >= 4 is 0 Å². The molecule has 3 nitrogen and oxygen atoms in total. The standard InChI is InChI=1S/C13H29N3/c1-4-6-14-7-5-8-15-9-11-16(12-10-15)13(2)3/h13-14H,4-12H2,1-3H3. The van der Waals surface area contributed by atoms with Crippen LogP contribution in [0.1, 0.15) is 33.6 Å². The highest BCUT2D eigenvalue weighted by Gasteiger charge is 2.17. The summed E-state index contributed by atoms with van der Waals surface area (Å²) in [5.74, 6) is 0. The van der Waals surface area contributed by atoms with Crippen LogP contribution in [-0.2, 0) is 0 Å². The van der Waals surface area contributed by atoms with Crippen LogP contribution in [0.5, 0.6) is 0 Å². The van der Waals surface area contributed by atoms with Crippen molar-refractivity contribution in [2.24, 2.45) is 0 Å². The van der Waals surface area contributed by atoms with Gasteiger partial charge in [0.1, 0.15) is 0 Å². The lowest BCUT2D eigenvalue weighted by Crippen LogP contribution is -2.49. The van der Waals surface area contributed by atoms with E-state index >= 15 is 0 Å². The fourth-order valence-electron chi connectivity index (χ4n) is 2.23. The Morgan fingerprint density at radius 1 is 1.06 bits per heavy atom. The molecule has 1 saturated heterocycles. The summed E-state index contributed by atoms with van der Waals surface area (Å²) in [4.78, 5) is 5.18. The Kier molecular flexibility index (Phi) is 7.01. The van der Waals surface area contributed by atoms with E-state index in [0.717, 1.165) is 0 Å². The summed E-state index contributed by atoms with van der Waals surface area (Å²) in [6, 6.07) is 0.716. The minimum absolute atomic E-state index is 0.716. The molecule has 16 heavy (non-hydrogen) atoms. The predicted molar refractivity (Wildman–Crippen MR) is 70.9 cm³/mol. The first-order chi connectivity index (χ1) is 7.74. The third-order valence-corrected chi connectivity index (χ3v) is 3.39. The minimum atomic E-state index is 0.716. The largest absolute Gasteiger partial charge is 0.317 e. The Morgan fingerprint density at radius 2 is 1.75 bits per heavy atom. The van der Waals surface area contributed by atoms with E-state index in [2.05, 4.69) is 35.9 Å². The Labute approximate surface area is 101 Å². The second-order valence-corrected chi connectivity index (χ2v) is 5.07. The molecular formula is C13H29N3. The molecule has 1 N–H and O–H groups in total. The molecule has 0 bridgehead atoms. The zero-order valence-electron chi connectivity index (χ0n) is 11.3. The van der Waals surface area contributed by atoms with Crippen LogP contribution in [0, 0.1) is 0 Å². The summed E-state index contributed by atoms with van der Waals surface area (Å²) in [5.41, 5.74) is 0. The van der Waals surface area contributed by atoms with E-state index in [1.165, 1.54) is 58.7 Å². The Morgan fingerprint density at radius 3 is 2.31 bits per heavy atom. The topological polar surface area (TPSA) is 18.5 Å². The normalized spacial score (nSPS) is 19.5. The zero-order chi connectivity index (χ0) is 11.8. The molecule has 1 aliphatic rings. The lowest BCUT2D eigenvalue weighted by Gasteiger charge is -2.36. The van der Waals surface area contributed by atoms with E-state index in [9.17, 15) is 0 Å². The van der Waals surface area contributed by atoms with E-state index in [-0.39, 0.29) is 0 Å². The highest BCUT2D eigenvalue weighted by molar-refractivity contribution is 4.74. The molecule has 1 fully saturated rings. The van der Waals surface area contributed by atoms with Gasteiger partial charge in [-0.25, -0.2) is 0 Å². The quantitative estimate of drug-likeness (QED) is 0.663. The Bertz CT molecular complexity index is 163. The average molecular weight is 227 g/mol. The van der Waals surface area contributed by atoms with Crippen molar-refractivity contribution in [3.63, 3.8) is 0 Å². The van der Waals surface area contributed by atoms with Gasteiger partial charge in [0.2, 0.25) is 0 Å². The summed E-state index contributed by atoms with van der Waals surface area (Å²) in [6.07, 6.45) is 2.54. The van der Waals surface area contributed by atoms with Gasteiger partial charge < -0.3 is 10.2 Å². The molecule has 1 aliphatic heterocycles. The zero-order valence-corrected chi connectivity index (χ0v) is 11.3. The highest BCUT2D eigenvalue weighted by Crippen LogP contribution is 2.05. The van der Waals surface area contributed by atoms with Crippen LogP contribution >= 0.6 is 0 Å². The lowest BCUT2D eigenvalue weighted by atomic mass is 10.2. The molecule has 1 rings (SSSR count). The van der Waals surface area contributed by atoms with Gasteiger partial charge in [0.25, 0.3) is 0 Å². The molecule has 0 unspecified atom stereocenters. The van der Waals surface area contributed by atoms with Gasteiger partial charge in [-0.3, -0.25) is 4.90 Å². The van der Waals surface area contributed by atoms with Crippen LogP contribution in [0.2, 0.25) is 0 Å². The Balaban J connectivity index is 1.99. The monoisotopic (exact) mass is 227 g/mol. The number of hydrogen-bond acceptors (Lipinski definition) is 3. The fraction of sp³-hybridized carbons (Fsp3) is 1.00. The third-order valence-electron chi connectivity index (χ3n) is 3.39. The van der Waals surface area contributed by atoms with E-state index < -0.39 is 0 Å². The number of rotatable bonds is 7. The molecule has 0 aromatic carbocycles. The molecule has 0 aliphatic carbocycles. The van der Waals surface area contributed by atoms with Gasteiger partial charge in [-0.05, 0) is 46.3 Å². The van der Waals surface area contributed by atoms with Crippen molar-refractivity contribution in [1.29, 1.82) is 0 Å². The van der Waals surface area contributed by atoms with Crippen LogP contribution in [-0.4, -0.2) is 61.7 Å². The fourth-order valence-corrected chi connectivity index (χ4v) is 2.23. The van der Waals surface area contributed by atoms with Crippen LogP contribution in [0.4, 0.5) is 0 Å². The molecule has 0 amide bonds. The summed E-state index contributed by atoms with van der Waals surface area (Å²) in [5, 5.41) is 3.46. The molecule has 96 valence electrons. The molecular weight excluding hydrogens is 198 g/mol. The predicted octanol–water partition coefficient (Wildman–Crippen LogP) is 1.40. The smallest absolute Gasteiger partial charge is 0.0113 e. The summed E-state index contributed by atoms with van der Waals surface area (Å²) >= 11 is 0. The molecule has 0 radical (unpaired) electrons. The van der Waals surface area contributed by atoms with Crippen molar-refractivity contribution in [1.82, 2.24) is 15.1 Å². The summed E-state index contributed by atoms with van der Waals surface area (Å²) in [6.45, 7) is 15.4. The van der Waals surface area contributed by atoms with Crippen LogP contribution < -0.4 is 5.32 Å². The van der Waals surface area contributed by atoms with E-state index in [0.29, 0.717) is 6.04 Å². The van der Waals surface area contributed by atoms with E-state index in [4.69, 9.17) is 0 Å².